The van der Waals surface area contributed by atoms with E-state index in [4.69, 9.17) is 10.5 Å². The fourth-order valence-corrected chi connectivity index (χ4v) is 2.77. The van der Waals surface area contributed by atoms with Gasteiger partial charge < -0.3 is 10.5 Å². The number of primary amides is 1. The number of nitrogens with two attached hydrogens (primary N) is 1. The van der Waals surface area contributed by atoms with E-state index in [-0.39, 0.29) is 11.7 Å². The molecule has 0 aliphatic carbocycles. The fraction of sp³-hybridized carbons (Fsp3) is 0.438. The van der Waals surface area contributed by atoms with Crippen LogP contribution < -0.4 is 11.1 Å². The Hall–Kier alpha value is -2.02. The van der Waals surface area contributed by atoms with Gasteiger partial charge in [0.2, 0.25) is 0 Å². The predicted molar refractivity (Wildman–Crippen MR) is 89.1 cm³/mol. The van der Waals surface area contributed by atoms with Crippen molar-refractivity contribution in [3.05, 3.63) is 29.3 Å². The molecule has 1 aromatic rings. The molecular formula is C16H22N2O4S. The molecular weight excluding hydrogens is 316 g/mol. The Bertz CT molecular complexity index is 602. The van der Waals surface area contributed by atoms with Crippen LogP contribution in [0, 0.1) is 19.8 Å². The van der Waals surface area contributed by atoms with Crippen molar-refractivity contribution in [3.8, 4) is 0 Å². The normalized spacial score (nSPS) is 11.9. The second kappa shape index (κ2) is 8.57. The number of esters is 1. The van der Waals surface area contributed by atoms with Gasteiger partial charge >= 0.3 is 12.0 Å². The molecule has 0 saturated heterocycles. The molecule has 0 fully saturated rings. The minimum atomic E-state index is -1.05. The number of rotatable bonds is 6. The van der Waals surface area contributed by atoms with Gasteiger partial charge in [-0.05, 0) is 31.4 Å². The van der Waals surface area contributed by atoms with E-state index in [0.717, 1.165) is 16.0 Å². The number of nitrogens with one attached hydrogen (secondary N) is 1. The molecule has 0 aliphatic heterocycles. The molecule has 3 amide bonds. The van der Waals surface area contributed by atoms with Gasteiger partial charge in [0.15, 0.2) is 6.10 Å². The predicted octanol–water partition coefficient (Wildman–Crippen LogP) is 2.16. The molecule has 0 radical (unpaired) electrons. The first kappa shape index (κ1) is 19.0. The van der Waals surface area contributed by atoms with E-state index in [1.54, 1.807) is 13.8 Å². The number of urea groups is 1. The molecule has 0 aliphatic rings. The van der Waals surface area contributed by atoms with Gasteiger partial charge in [-0.3, -0.25) is 14.9 Å². The Kier molecular flexibility index (Phi) is 7.09. The van der Waals surface area contributed by atoms with E-state index >= 15 is 0 Å². The highest BCUT2D eigenvalue weighted by molar-refractivity contribution is 8.00. The monoisotopic (exact) mass is 338 g/mol. The second-order valence-electron chi connectivity index (χ2n) is 5.57. The minimum absolute atomic E-state index is 0.0807. The van der Waals surface area contributed by atoms with Gasteiger partial charge in [-0.25, -0.2) is 4.79 Å². The first-order valence-electron chi connectivity index (χ1n) is 7.20. The number of ether oxygens (including phenoxy) is 1. The zero-order valence-corrected chi connectivity index (χ0v) is 14.5. The maximum atomic E-state index is 12.0. The summed E-state index contributed by atoms with van der Waals surface area (Å²) in [5.41, 5.74) is 7.09. The Morgan fingerprint density at radius 2 is 1.91 bits per heavy atom. The minimum Gasteiger partial charge on any atom is -0.451 e. The van der Waals surface area contributed by atoms with Crippen molar-refractivity contribution in [1.82, 2.24) is 5.32 Å². The molecule has 1 atom stereocenters. The highest BCUT2D eigenvalue weighted by atomic mass is 32.2. The van der Waals surface area contributed by atoms with E-state index in [2.05, 4.69) is 0 Å². The lowest BCUT2D eigenvalue weighted by molar-refractivity contribution is -0.155. The van der Waals surface area contributed by atoms with Gasteiger partial charge in [0, 0.05) is 4.90 Å². The number of benzene rings is 1. The van der Waals surface area contributed by atoms with E-state index in [9.17, 15) is 14.4 Å². The molecule has 3 N–H and O–H groups in total. The summed E-state index contributed by atoms with van der Waals surface area (Å²) in [7, 11) is 0. The lowest BCUT2D eigenvalue weighted by atomic mass is 10.1. The van der Waals surface area contributed by atoms with E-state index in [0.29, 0.717) is 0 Å². The SMILES string of the molecule is Cc1ccc(C)c(SCC(=O)O[C@@H](C(=O)NC(N)=O)C(C)C)c1. The van der Waals surface area contributed by atoms with E-state index in [1.165, 1.54) is 11.8 Å². The number of thioether (sulfide) groups is 1. The molecule has 0 bridgehead atoms. The summed E-state index contributed by atoms with van der Waals surface area (Å²) >= 11 is 1.35. The van der Waals surface area contributed by atoms with Crippen molar-refractivity contribution in [2.75, 3.05) is 5.75 Å². The van der Waals surface area contributed by atoms with Crippen LogP contribution >= 0.6 is 11.8 Å². The highest BCUT2D eigenvalue weighted by Crippen LogP contribution is 2.24. The zero-order valence-electron chi connectivity index (χ0n) is 13.7. The summed E-state index contributed by atoms with van der Waals surface area (Å²) in [5, 5.41) is 1.94. The van der Waals surface area contributed by atoms with Gasteiger partial charge in [0.05, 0.1) is 5.75 Å². The average Bonchev–Trinajstić information content (AvgIpc) is 2.44. The van der Waals surface area contributed by atoms with Crippen LogP contribution in [0.4, 0.5) is 4.79 Å². The Labute approximate surface area is 140 Å². The van der Waals surface area contributed by atoms with Gasteiger partial charge in [-0.2, -0.15) is 0 Å². The van der Waals surface area contributed by atoms with Crippen molar-refractivity contribution in [1.29, 1.82) is 0 Å². The molecule has 1 aromatic carbocycles. The van der Waals surface area contributed by atoms with Crippen molar-refractivity contribution in [2.24, 2.45) is 11.7 Å². The standard InChI is InChI=1S/C16H22N2O4S/c1-9(2)14(15(20)18-16(17)21)22-13(19)8-23-12-7-10(3)5-6-11(12)4/h5-7,9,14H,8H2,1-4H3,(H3,17,18,20,21)/t14-/m1/s1. The van der Waals surface area contributed by atoms with Gasteiger partial charge in [-0.1, -0.05) is 31.5 Å². The molecule has 0 aromatic heterocycles. The molecule has 0 spiro atoms. The van der Waals surface area contributed by atoms with Crippen LogP contribution in [-0.2, 0) is 14.3 Å². The van der Waals surface area contributed by atoms with Crippen molar-refractivity contribution in [3.63, 3.8) is 0 Å². The van der Waals surface area contributed by atoms with Crippen LogP contribution in [0.15, 0.2) is 23.1 Å². The molecule has 7 heteroatoms. The molecule has 6 nitrogen and oxygen atoms in total. The Morgan fingerprint density at radius 3 is 2.48 bits per heavy atom. The highest BCUT2D eigenvalue weighted by Gasteiger charge is 2.27. The van der Waals surface area contributed by atoms with Crippen molar-refractivity contribution < 1.29 is 19.1 Å². The van der Waals surface area contributed by atoms with Crippen LogP contribution in [0.3, 0.4) is 0 Å². The lowest BCUT2D eigenvalue weighted by Crippen LogP contribution is -2.45. The van der Waals surface area contributed by atoms with E-state index in [1.807, 2.05) is 37.4 Å². The van der Waals surface area contributed by atoms with Crippen LogP contribution in [0.5, 0.6) is 0 Å². The van der Waals surface area contributed by atoms with E-state index < -0.39 is 24.0 Å². The van der Waals surface area contributed by atoms with Gasteiger partial charge in [0.25, 0.3) is 5.91 Å². The number of hydrogen-bond acceptors (Lipinski definition) is 5. The number of aryl methyl sites for hydroxylation is 2. The van der Waals surface area contributed by atoms with Gasteiger partial charge in [0.1, 0.15) is 0 Å². The number of carbonyl (C=O) groups excluding carboxylic acids is 3. The summed E-state index contributed by atoms with van der Waals surface area (Å²) < 4.78 is 5.19. The fourth-order valence-electron chi connectivity index (χ4n) is 1.86. The summed E-state index contributed by atoms with van der Waals surface area (Å²) in [4.78, 5) is 35.5. The molecule has 1 rings (SSSR count). The Balaban J connectivity index is 2.64. The summed E-state index contributed by atoms with van der Waals surface area (Å²) in [6.07, 6.45) is -1.05. The summed E-state index contributed by atoms with van der Waals surface area (Å²) in [6.45, 7) is 7.38. The van der Waals surface area contributed by atoms with Crippen LogP contribution in [0.1, 0.15) is 25.0 Å². The third kappa shape index (κ3) is 6.32. The number of hydrogen-bond donors (Lipinski definition) is 2. The largest absolute Gasteiger partial charge is 0.451 e. The summed E-state index contributed by atoms with van der Waals surface area (Å²) in [6, 6.07) is 5.01. The first-order chi connectivity index (χ1) is 10.7. The second-order valence-corrected chi connectivity index (χ2v) is 6.58. The molecule has 23 heavy (non-hydrogen) atoms. The molecule has 0 heterocycles. The smallest absolute Gasteiger partial charge is 0.318 e. The molecule has 126 valence electrons. The van der Waals surface area contributed by atoms with Crippen LogP contribution in [-0.4, -0.2) is 29.8 Å². The lowest BCUT2D eigenvalue weighted by Gasteiger charge is -2.19. The summed E-state index contributed by atoms with van der Waals surface area (Å²) in [5.74, 6) is -1.42. The van der Waals surface area contributed by atoms with Crippen molar-refractivity contribution in [2.45, 2.75) is 38.7 Å². The van der Waals surface area contributed by atoms with Crippen LogP contribution in [0.2, 0.25) is 0 Å². The van der Waals surface area contributed by atoms with Crippen molar-refractivity contribution >= 4 is 29.7 Å². The zero-order chi connectivity index (χ0) is 17.6. The Morgan fingerprint density at radius 1 is 1.26 bits per heavy atom. The number of imide groups is 1. The van der Waals surface area contributed by atoms with Gasteiger partial charge in [-0.15, -0.1) is 11.8 Å². The quantitative estimate of drug-likeness (QED) is 0.612. The third-order valence-electron chi connectivity index (χ3n) is 3.06. The topological polar surface area (TPSA) is 98.5 Å². The first-order valence-corrected chi connectivity index (χ1v) is 8.19. The number of amides is 3. The average molecular weight is 338 g/mol. The number of carbonyl (C=O) groups is 3. The maximum Gasteiger partial charge on any atom is 0.318 e. The third-order valence-corrected chi connectivity index (χ3v) is 4.19. The van der Waals surface area contributed by atoms with Crippen LogP contribution in [0.25, 0.3) is 0 Å². The molecule has 0 unspecified atom stereocenters. The maximum absolute atomic E-state index is 12.0. The molecule has 0 saturated carbocycles.